The van der Waals surface area contributed by atoms with Crippen molar-refractivity contribution in [3.63, 3.8) is 0 Å². The Morgan fingerprint density at radius 2 is 1.93 bits per heavy atom. The molecule has 0 fully saturated rings. The summed E-state index contributed by atoms with van der Waals surface area (Å²) in [5.74, 6) is -0.356. The highest BCUT2D eigenvalue weighted by atomic mass is 32.1. The molecule has 1 unspecified atom stereocenters. The summed E-state index contributed by atoms with van der Waals surface area (Å²) in [5.41, 5.74) is 2.57. The van der Waals surface area contributed by atoms with Crippen LogP contribution in [0.2, 0.25) is 0 Å². The lowest BCUT2D eigenvalue weighted by atomic mass is 10.1. The van der Waals surface area contributed by atoms with Crippen molar-refractivity contribution in [1.82, 2.24) is 10.3 Å². The number of carbonyl (C=O) groups is 2. The zero-order valence-electron chi connectivity index (χ0n) is 15.4. The number of rotatable bonds is 6. The van der Waals surface area contributed by atoms with E-state index in [0.717, 1.165) is 11.3 Å². The second kappa shape index (κ2) is 8.45. The average Bonchev–Trinajstić information content (AvgIpc) is 3.21. The molecule has 0 spiro atoms. The summed E-state index contributed by atoms with van der Waals surface area (Å²) in [6, 6.07) is 10.8. The van der Waals surface area contributed by atoms with E-state index in [1.807, 2.05) is 30.5 Å². The van der Waals surface area contributed by atoms with E-state index < -0.39 is 0 Å². The molecule has 2 aromatic heterocycles. The van der Waals surface area contributed by atoms with Gasteiger partial charge in [-0.1, -0.05) is 18.2 Å². The molecule has 0 radical (unpaired) electrons. The van der Waals surface area contributed by atoms with Crippen molar-refractivity contribution in [3.8, 4) is 11.3 Å². The fourth-order valence-corrected chi connectivity index (χ4v) is 4.40. The molecular formula is C20H21N3O2S2. The van der Waals surface area contributed by atoms with E-state index in [9.17, 15) is 9.59 Å². The van der Waals surface area contributed by atoms with Gasteiger partial charge in [0, 0.05) is 38.7 Å². The highest BCUT2D eigenvalue weighted by Crippen LogP contribution is 2.32. The molecule has 3 rings (SSSR count). The molecule has 7 heteroatoms. The van der Waals surface area contributed by atoms with Gasteiger partial charge in [-0.3, -0.25) is 9.59 Å². The van der Waals surface area contributed by atoms with Gasteiger partial charge in [0.05, 0.1) is 5.69 Å². The first kappa shape index (κ1) is 19.3. The molecule has 5 nitrogen and oxygen atoms in total. The molecule has 2 amide bonds. The smallest absolute Gasteiger partial charge is 0.251 e. The lowest BCUT2D eigenvalue weighted by Gasteiger charge is -2.13. The summed E-state index contributed by atoms with van der Waals surface area (Å²) in [7, 11) is 0. The fourth-order valence-electron chi connectivity index (χ4n) is 2.74. The van der Waals surface area contributed by atoms with Crippen LogP contribution < -0.4 is 10.6 Å². The first-order valence-corrected chi connectivity index (χ1v) is 10.3. The molecule has 1 atom stereocenters. The number of carbonyl (C=O) groups excluding carboxylic acids is 2. The topological polar surface area (TPSA) is 71.1 Å². The lowest BCUT2D eigenvalue weighted by molar-refractivity contribution is -0.116. The molecule has 2 N–H and O–H groups in total. The van der Waals surface area contributed by atoms with Crippen LogP contribution in [0.15, 0.2) is 41.8 Å². The van der Waals surface area contributed by atoms with Crippen LogP contribution in [0.5, 0.6) is 0 Å². The number of nitrogens with one attached hydrogen (secondary N) is 2. The zero-order chi connectivity index (χ0) is 19.4. The Kier molecular flexibility index (Phi) is 6.03. The van der Waals surface area contributed by atoms with E-state index in [-0.39, 0.29) is 24.3 Å². The molecule has 3 aromatic rings. The van der Waals surface area contributed by atoms with E-state index in [2.05, 4.69) is 35.5 Å². The van der Waals surface area contributed by atoms with Crippen molar-refractivity contribution in [1.29, 1.82) is 0 Å². The Morgan fingerprint density at radius 1 is 1.19 bits per heavy atom. The first-order chi connectivity index (χ1) is 12.9. The minimum absolute atomic E-state index is 0.171. The summed E-state index contributed by atoms with van der Waals surface area (Å²) >= 11 is 3.14. The third-order valence-electron chi connectivity index (χ3n) is 3.97. The Labute approximate surface area is 166 Å². The van der Waals surface area contributed by atoms with Crippen LogP contribution in [-0.4, -0.2) is 22.8 Å². The van der Waals surface area contributed by atoms with Gasteiger partial charge < -0.3 is 10.6 Å². The normalized spacial score (nSPS) is 11.8. The minimum Gasteiger partial charge on any atom is -0.349 e. The molecule has 0 aliphatic carbocycles. The second-order valence-electron chi connectivity index (χ2n) is 6.36. The number of anilines is 1. The summed E-state index contributed by atoms with van der Waals surface area (Å²) in [6.07, 6.45) is 0.185. The van der Waals surface area contributed by atoms with E-state index in [1.165, 1.54) is 21.1 Å². The van der Waals surface area contributed by atoms with E-state index in [1.54, 1.807) is 23.5 Å². The molecule has 0 bridgehead atoms. The van der Waals surface area contributed by atoms with Gasteiger partial charge in [0.1, 0.15) is 0 Å². The van der Waals surface area contributed by atoms with E-state index in [0.29, 0.717) is 10.7 Å². The summed E-state index contributed by atoms with van der Waals surface area (Å²) in [5, 5.41) is 8.18. The van der Waals surface area contributed by atoms with Crippen LogP contribution in [0.3, 0.4) is 0 Å². The number of aryl methyl sites for hydroxylation is 2. The van der Waals surface area contributed by atoms with Crippen molar-refractivity contribution in [2.45, 2.75) is 33.2 Å². The predicted molar refractivity (Wildman–Crippen MR) is 112 cm³/mol. The Hall–Kier alpha value is -2.51. The SMILES string of the molecule is Cc1cc(-c2csc(NC(=O)CC(C)NC(=O)c3ccccc3)n2)c(C)s1. The number of thiophene rings is 1. The van der Waals surface area contributed by atoms with Gasteiger partial charge in [0.2, 0.25) is 5.91 Å². The molecule has 0 saturated carbocycles. The second-order valence-corrected chi connectivity index (χ2v) is 8.68. The fraction of sp³-hybridized carbons (Fsp3) is 0.250. The number of amides is 2. The number of benzene rings is 1. The first-order valence-electron chi connectivity index (χ1n) is 8.61. The molecule has 2 heterocycles. The van der Waals surface area contributed by atoms with Crippen LogP contribution >= 0.6 is 22.7 Å². The predicted octanol–water partition coefficient (Wildman–Crippen LogP) is 4.64. The Balaban J connectivity index is 1.55. The Bertz CT molecular complexity index is 947. The summed E-state index contributed by atoms with van der Waals surface area (Å²) in [4.78, 5) is 31.4. The number of aromatic nitrogens is 1. The van der Waals surface area contributed by atoms with Crippen LogP contribution in [-0.2, 0) is 4.79 Å². The van der Waals surface area contributed by atoms with Crippen molar-refractivity contribution in [2.75, 3.05) is 5.32 Å². The molecular weight excluding hydrogens is 378 g/mol. The number of thiazole rings is 1. The van der Waals surface area contributed by atoms with Gasteiger partial charge in [-0.05, 0) is 39.0 Å². The summed E-state index contributed by atoms with van der Waals surface area (Å²) < 4.78 is 0. The maximum Gasteiger partial charge on any atom is 0.251 e. The molecule has 1 aromatic carbocycles. The Morgan fingerprint density at radius 3 is 2.59 bits per heavy atom. The molecule has 0 aliphatic rings. The highest BCUT2D eigenvalue weighted by molar-refractivity contribution is 7.14. The largest absolute Gasteiger partial charge is 0.349 e. The monoisotopic (exact) mass is 399 g/mol. The van der Waals surface area contributed by atoms with Crippen LogP contribution in [0.1, 0.15) is 33.5 Å². The van der Waals surface area contributed by atoms with Crippen LogP contribution in [0.4, 0.5) is 5.13 Å². The average molecular weight is 400 g/mol. The van der Waals surface area contributed by atoms with Gasteiger partial charge in [-0.2, -0.15) is 0 Å². The summed E-state index contributed by atoms with van der Waals surface area (Å²) in [6.45, 7) is 5.95. The standard InChI is InChI=1S/C20H21N3O2S2/c1-12(21-19(25)15-7-5-4-6-8-15)9-18(24)23-20-22-17(11-26-20)16-10-13(2)27-14(16)3/h4-8,10-12H,9H2,1-3H3,(H,21,25)(H,22,23,24). The molecule has 27 heavy (non-hydrogen) atoms. The van der Waals surface area contributed by atoms with Gasteiger partial charge in [0.25, 0.3) is 5.91 Å². The number of nitrogens with zero attached hydrogens (tertiary/aromatic N) is 1. The van der Waals surface area contributed by atoms with Gasteiger partial charge in [0.15, 0.2) is 5.13 Å². The van der Waals surface area contributed by atoms with Gasteiger partial charge in [-0.25, -0.2) is 4.98 Å². The third-order valence-corrected chi connectivity index (χ3v) is 5.70. The lowest BCUT2D eigenvalue weighted by Crippen LogP contribution is -2.35. The minimum atomic E-state index is -0.279. The molecule has 140 valence electrons. The van der Waals surface area contributed by atoms with Gasteiger partial charge in [-0.15, -0.1) is 22.7 Å². The number of hydrogen-bond donors (Lipinski definition) is 2. The molecule has 0 aliphatic heterocycles. The van der Waals surface area contributed by atoms with Crippen molar-refractivity contribution in [2.24, 2.45) is 0 Å². The molecule has 0 saturated heterocycles. The van der Waals surface area contributed by atoms with Crippen molar-refractivity contribution >= 4 is 39.6 Å². The van der Waals surface area contributed by atoms with Crippen molar-refractivity contribution < 1.29 is 9.59 Å². The van der Waals surface area contributed by atoms with Gasteiger partial charge >= 0.3 is 0 Å². The maximum absolute atomic E-state index is 12.3. The highest BCUT2D eigenvalue weighted by Gasteiger charge is 2.15. The van der Waals surface area contributed by atoms with Crippen LogP contribution in [0.25, 0.3) is 11.3 Å². The number of hydrogen-bond acceptors (Lipinski definition) is 5. The zero-order valence-corrected chi connectivity index (χ0v) is 17.0. The quantitative estimate of drug-likeness (QED) is 0.634. The third kappa shape index (κ3) is 5.02. The van der Waals surface area contributed by atoms with E-state index in [4.69, 9.17) is 0 Å². The van der Waals surface area contributed by atoms with Crippen LogP contribution in [0, 0.1) is 13.8 Å². The van der Waals surface area contributed by atoms with E-state index >= 15 is 0 Å². The van der Waals surface area contributed by atoms with Crippen molar-refractivity contribution in [3.05, 3.63) is 57.1 Å². The maximum atomic E-state index is 12.3.